The molecule has 32 heavy (non-hydrogen) atoms. The van der Waals surface area contributed by atoms with E-state index in [0.29, 0.717) is 54.1 Å². The molecule has 0 spiro atoms. The van der Waals surface area contributed by atoms with E-state index in [4.69, 9.17) is 4.74 Å². The number of halogens is 1. The van der Waals surface area contributed by atoms with Gasteiger partial charge in [0.1, 0.15) is 17.3 Å². The fourth-order valence-electron chi connectivity index (χ4n) is 4.48. The minimum Gasteiger partial charge on any atom is -0.482 e. The average molecular weight is 435 g/mol. The van der Waals surface area contributed by atoms with E-state index in [1.54, 1.807) is 29.2 Å². The van der Waals surface area contributed by atoms with Crippen molar-refractivity contribution in [2.75, 3.05) is 25.0 Å². The highest BCUT2D eigenvalue weighted by molar-refractivity contribution is 6.02. The topological polar surface area (TPSA) is 91.5 Å². The zero-order chi connectivity index (χ0) is 22.4. The first-order chi connectivity index (χ1) is 15.4. The van der Waals surface area contributed by atoms with Crippen molar-refractivity contribution < 1.29 is 23.5 Å². The molecule has 7 nitrogen and oxygen atoms in total. The Morgan fingerprint density at radius 3 is 2.69 bits per heavy atom. The molecule has 3 aromatic rings. The van der Waals surface area contributed by atoms with Crippen molar-refractivity contribution in [3.63, 3.8) is 0 Å². The van der Waals surface area contributed by atoms with Crippen molar-refractivity contribution in [1.29, 1.82) is 0 Å². The number of nitrogens with zero attached hydrogens (tertiary/aromatic N) is 1. The highest BCUT2D eigenvalue weighted by atomic mass is 19.1. The van der Waals surface area contributed by atoms with Gasteiger partial charge >= 0.3 is 0 Å². The first-order valence-corrected chi connectivity index (χ1v) is 10.6. The predicted octanol–water partition coefficient (Wildman–Crippen LogP) is 3.68. The summed E-state index contributed by atoms with van der Waals surface area (Å²) in [4.78, 5) is 42.3. The average Bonchev–Trinajstić information content (AvgIpc) is 3.22. The number of amides is 2. The molecular weight excluding hydrogens is 413 g/mol. The normalized spacial score (nSPS) is 16.4. The number of hydrogen-bond acceptors (Lipinski definition) is 4. The molecule has 2 aliphatic heterocycles. The van der Waals surface area contributed by atoms with E-state index < -0.39 is 0 Å². The Labute approximate surface area is 183 Å². The molecule has 1 fully saturated rings. The molecule has 3 heterocycles. The van der Waals surface area contributed by atoms with Gasteiger partial charge in [-0.25, -0.2) is 4.39 Å². The largest absolute Gasteiger partial charge is 0.482 e. The third kappa shape index (κ3) is 3.62. The van der Waals surface area contributed by atoms with E-state index in [1.165, 1.54) is 12.1 Å². The molecule has 2 N–H and O–H groups in total. The van der Waals surface area contributed by atoms with E-state index >= 15 is 0 Å². The fraction of sp³-hybridized carbons (Fsp3) is 0.292. The number of aromatic amines is 1. The highest BCUT2D eigenvalue weighted by Gasteiger charge is 2.30. The maximum Gasteiger partial charge on any atom is 0.270 e. The molecule has 0 radical (unpaired) electrons. The zero-order valence-electron chi connectivity index (χ0n) is 17.5. The number of Topliss-reactive ketones (excluding diaryl/α,β-unsaturated/α-hetero) is 1. The molecule has 2 aliphatic rings. The van der Waals surface area contributed by atoms with Crippen molar-refractivity contribution in [1.82, 2.24) is 9.88 Å². The monoisotopic (exact) mass is 435 g/mol. The number of aryl methyl sites for hydroxylation is 1. The minimum absolute atomic E-state index is 0.00330. The van der Waals surface area contributed by atoms with Crippen LogP contribution in [0.15, 0.2) is 36.4 Å². The number of carbonyl (C=O) groups excluding carboxylic acids is 3. The standard InChI is InChI=1S/C24H22FN3O4/c1-13-8-16(25)10-18-17(13)11-20(26-18)24(31)28-6-4-14(5-7-28)23(30)15-2-3-21-19(9-15)27-22(29)12-32-21/h2-3,8-11,14,26H,4-7,12H2,1H3,(H,27,29). The number of fused-ring (bicyclic) bond motifs is 2. The number of carbonyl (C=O) groups is 3. The molecule has 0 atom stereocenters. The first-order valence-electron chi connectivity index (χ1n) is 10.6. The van der Waals surface area contributed by atoms with Crippen LogP contribution >= 0.6 is 0 Å². The number of anilines is 1. The lowest BCUT2D eigenvalue weighted by molar-refractivity contribution is -0.118. The van der Waals surface area contributed by atoms with E-state index in [9.17, 15) is 18.8 Å². The molecule has 2 amide bonds. The smallest absolute Gasteiger partial charge is 0.270 e. The number of H-pyrrole nitrogens is 1. The lowest BCUT2D eigenvalue weighted by Crippen LogP contribution is -2.40. The van der Waals surface area contributed by atoms with Crippen molar-refractivity contribution >= 4 is 34.2 Å². The highest BCUT2D eigenvalue weighted by Crippen LogP contribution is 2.31. The summed E-state index contributed by atoms with van der Waals surface area (Å²) in [5.41, 5.74) is 2.81. The van der Waals surface area contributed by atoms with Gasteiger partial charge in [0, 0.05) is 35.5 Å². The summed E-state index contributed by atoms with van der Waals surface area (Å²) < 4.78 is 19.0. The molecule has 1 aromatic heterocycles. The van der Waals surface area contributed by atoms with Gasteiger partial charge in [0.2, 0.25) is 0 Å². The van der Waals surface area contributed by atoms with Crippen molar-refractivity contribution in [2.45, 2.75) is 19.8 Å². The van der Waals surface area contributed by atoms with Crippen LogP contribution in [0.2, 0.25) is 0 Å². The number of rotatable bonds is 3. The number of hydrogen-bond donors (Lipinski definition) is 2. The molecule has 0 aliphatic carbocycles. The SMILES string of the molecule is Cc1cc(F)cc2[nH]c(C(=O)N3CCC(C(=O)c4ccc5c(c4)NC(=O)CO5)CC3)cc12. The van der Waals surface area contributed by atoms with Gasteiger partial charge in [0.05, 0.1) is 5.69 Å². The van der Waals surface area contributed by atoms with E-state index in [0.717, 1.165) is 10.9 Å². The summed E-state index contributed by atoms with van der Waals surface area (Å²) in [6, 6.07) is 9.64. The van der Waals surface area contributed by atoms with Crippen LogP contribution in [0.25, 0.3) is 10.9 Å². The van der Waals surface area contributed by atoms with Gasteiger partial charge in [0.25, 0.3) is 11.8 Å². The van der Waals surface area contributed by atoms with Gasteiger partial charge in [-0.3, -0.25) is 14.4 Å². The minimum atomic E-state index is -0.344. The van der Waals surface area contributed by atoms with E-state index in [1.807, 2.05) is 6.92 Å². The maximum absolute atomic E-state index is 13.7. The third-order valence-electron chi connectivity index (χ3n) is 6.19. The van der Waals surface area contributed by atoms with Crippen molar-refractivity contribution in [3.05, 3.63) is 59.0 Å². The van der Waals surface area contributed by atoms with Gasteiger partial charge in [-0.15, -0.1) is 0 Å². The molecular formula is C24H22FN3O4. The number of likely N-dealkylation sites (tertiary alicyclic amines) is 1. The third-order valence-corrected chi connectivity index (χ3v) is 6.19. The number of benzene rings is 2. The number of aromatic nitrogens is 1. The Bertz CT molecular complexity index is 1260. The van der Waals surface area contributed by atoms with Crippen LogP contribution in [0.3, 0.4) is 0 Å². The Kier molecular flexibility index (Phi) is 4.92. The van der Waals surface area contributed by atoms with Crippen molar-refractivity contribution in [3.8, 4) is 5.75 Å². The van der Waals surface area contributed by atoms with Crippen LogP contribution in [0, 0.1) is 18.7 Å². The molecule has 164 valence electrons. The summed E-state index contributed by atoms with van der Waals surface area (Å²) in [5, 5.41) is 3.54. The van der Waals surface area contributed by atoms with Gasteiger partial charge in [0.15, 0.2) is 12.4 Å². The molecule has 0 unspecified atom stereocenters. The van der Waals surface area contributed by atoms with Crippen LogP contribution in [0.5, 0.6) is 5.75 Å². The molecule has 2 aromatic carbocycles. The van der Waals surface area contributed by atoms with E-state index in [-0.39, 0.29) is 35.9 Å². The van der Waals surface area contributed by atoms with Gasteiger partial charge < -0.3 is 19.9 Å². The maximum atomic E-state index is 13.7. The van der Waals surface area contributed by atoms with Gasteiger partial charge in [-0.05, 0) is 61.7 Å². The molecule has 8 heteroatoms. The zero-order valence-corrected chi connectivity index (χ0v) is 17.5. The predicted molar refractivity (Wildman–Crippen MR) is 117 cm³/mol. The summed E-state index contributed by atoms with van der Waals surface area (Å²) in [6.45, 7) is 2.70. The molecule has 0 bridgehead atoms. The fourth-order valence-corrected chi connectivity index (χ4v) is 4.48. The first kappa shape index (κ1) is 20.2. The second kappa shape index (κ2) is 7.78. The molecule has 0 saturated carbocycles. The lowest BCUT2D eigenvalue weighted by atomic mass is 9.88. The van der Waals surface area contributed by atoms with Crippen LogP contribution in [-0.4, -0.2) is 47.2 Å². The summed E-state index contributed by atoms with van der Waals surface area (Å²) in [7, 11) is 0. The number of nitrogens with one attached hydrogen (secondary N) is 2. The Morgan fingerprint density at radius 1 is 1.12 bits per heavy atom. The van der Waals surface area contributed by atoms with Gasteiger partial charge in [-0.1, -0.05) is 0 Å². The summed E-state index contributed by atoms with van der Waals surface area (Å²) in [6.07, 6.45) is 1.11. The van der Waals surface area contributed by atoms with Gasteiger partial charge in [-0.2, -0.15) is 0 Å². The van der Waals surface area contributed by atoms with Crippen LogP contribution < -0.4 is 10.1 Å². The number of ketones is 1. The quantitative estimate of drug-likeness (QED) is 0.614. The van der Waals surface area contributed by atoms with Crippen LogP contribution in [0.4, 0.5) is 10.1 Å². The molecule has 1 saturated heterocycles. The second-order valence-corrected chi connectivity index (χ2v) is 8.35. The Balaban J connectivity index is 1.26. The number of piperidine rings is 1. The van der Waals surface area contributed by atoms with Crippen LogP contribution in [-0.2, 0) is 4.79 Å². The van der Waals surface area contributed by atoms with E-state index in [2.05, 4.69) is 10.3 Å². The second-order valence-electron chi connectivity index (χ2n) is 8.35. The lowest BCUT2D eigenvalue weighted by Gasteiger charge is -2.31. The molecule has 5 rings (SSSR count). The van der Waals surface area contributed by atoms with Crippen molar-refractivity contribution in [2.24, 2.45) is 5.92 Å². The Morgan fingerprint density at radius 2 is 1.91 bits per heavy atom. The van der Waals surface area contributed by atoms with Crippen LogP contribution in [0.1, 0.15) is 39.3 Å². The summed E-state index contributed by atoms with van der Waals surface area (Å²) >= 11 is 0. The Hall–Kier alpha value is -3.68. The number of ether oxygens (including phenoxy) is 1. The summed E-state index contributed by atoms with van der Waals surface area (Å²) in [5.74, 6) is -0.393.